The van der Waals surface area contributed by atoms with E-state index in [9.17, 15) is 13.2 Å². The van der Waals surface area contributed by atoms with E-state index >= 15 is 0 Å². The number of aromatic nitrogens is 2. The number of ether oxygens (including phenoxy) is 2. The second kappa shape index (κ2) is 5.86. The van der Waals surface area contributed by atoms with E-state index in [1.807, 2.05) is 0 Å². The van der Waals surface area contributed by atoms with Crippen LogP contribution in [0.4, 0.5) is 19.1 Å². The molecule has 0 bridgehead atoms. The Morgan fingerprint density at radius 1 is 1.14 bits per heavy atom. The smallest absolute Gasteiger partial charge is 0.435 e. The summed E-state index contributed by atoms with van der Waals surface area (Å²) < 4.78 is 46.4. The van der Waals surface area contributed by atoms with Gasteiger partial charge in [0, 0.05) is 18.8 Å². The van der Waals surface area contributed by atoms with Gasteiger partial charge < -0.3 is 14.8 Å². The Kier molecular flexibility index (Phi) is 4.15. The number of nitrogens with zero attached hydrogens (tertiary/aromatic N) is 2. The van der Waals surface area contributed by atoms with Crippen molar-refractivity contribution in [1.82, 2.24) is 9.97 Å². The molecule has 1 aromatic carbocycles. The van der Waals surface area contributed by atoms with Crippen molar-refractivity contribution in [3.05, 3.63) is 36.0 Å². The molecule has 0 atom stereocenters. The van der Waals surface area contributed by atoms with Crippen molar-refractivity contribution >= 4 is 5.95 Å². The molecular formula is C13H12F3N3O2. The highest BCUT2D eigenvalue weighted by atomic mass is 19.4. The second-order valence-electron chi connectivity index (χ2n) is 4.03. The van der Waals surface area contributed by atoms with E-state index < -0.39 is 12.1 Å². The molecule has 21 heavy (non-hydrogen) atoms. The molecule has 0 aliphatic heterocycles. The average molecular weight is 299 g/mol. The zero-order chi connectivity index (χ0) is 15.5. The summed E-state index contributed by atoms with van der Waals surface area (Å²) in [6.07, 6.45) is -3.29. The van der Waals surface area contributed by atoms with Gasteiger partial charge in [-0.2, -0.15) is 4.98 Å². The quantitative estimate of drug-likeness (QED) is 0.936. The van der Waals surface area contributed by atoms with Crippen LogP contribution in [0.25, 0.3) is 0 Å². The number of anilines is 1. The average Bonchev–Trinajstić information content (AvgIpc) is 2.42. The number of rotatable bonds is 4. The van der Waals surface area contributed by atoms with E-state index in [-0.39, 0.29) is 11.6 Å². The van der Waals surface area contributed by atoms with E-state index in [1.54, 1.807) is 14.0 Å². The Hall–Kier alpha value is -2.51. The van der Waals surface area contributed by atoms with Crippen molar-refractivity contribution in [1.29, 1.82) is 0 Å². The molecule has 1 aromatic heterocycles. The van der Waals surface area contributed by atoms with E-state index in [0.717, 1.165) is 0 Å². The number of para-hydroxylation sites is 2. The van der Waals surface area contributed by atoms with Crippen LogP contribution in [0.2, 0.25) is 0 Å². The van der Waals surface area contributed by atoms with Gasteiger partial charge in [0.15, 0.2) is 11.5 Å². The minimum absolute atomic E-state index is 0.0846. The first-order valence-electron chi connectivity index (χ1n) is 5.93. The number of aryl methyl sites for hydroxylation is 1. The monoisotopic (exact) mass is 299 g/mol. The van der Waals surface area contributed by atoms with Gasteiger partial charge >= 0.3 is 6.36 Å². The number of hydrogen-bond acceptors (Lipinski definition) is 5. The van der Waals surface area contributed by atoms with Crippen LogP contribution in [0.1, 0.15) is 5.56 Å². The summed E-state index contributed by atoms with van der Waals surface area (Å²) in [5.74, 6) is -0.0786. The molecule has 0 aliphatic carbocycles. The highest BCUT2D eigenvalue weighted by molar-refractivity contribution is 5.43. The van der Waals surface area contributed by atoms with Crippen LogP contribution in [-0.2, 0) is 0 Å². The predicted molar refractivity (Wildman–Crippen MR) is 69.5 cm³/mol. The minimum atomic E-state index is -4.80. The molecule has 0 radical (unpaired) electrons. The maximum atomic E-state index is 12.3. The minimum Gasteiger partial charge on any atom is -0.435 e. The Labute approximate surface area is 118 Å². The van der Waals surface area contributed by atoms with Crippen molar-refractivity contribution in [2.45, 2.75) is 13.3 Å². The van der Waals surface area contributed by atoms with Crippen molar-refractivity contribution in [2.24, 2.45) is 0 Å². The molecule has 2 aromatic rings. The lowest BCUT2D eigenvalue weighted by Crippen LogP contribution is -2.17. The molecule has 2 rings (SSSR count). The summed E-state index contributed by atoms with van der Waals surface area (Å²) in [4.78, 5) is 8.01. The molecule has 0 saturated heterocycles. The molecule has 1 heterocycles. The van der Waals surface area contributed by atoms with Crippen LogP contribution in [-0.4, -0.2) is 23.4 Å². The van der Waals surface area contributed by atoms with Gasteiger partial charge in [0.2, 0.25) is 11.8 Å². The predicted octanol–water partition coefficient (Wildman–Crippen LogP) is 3.52. The van der Waals surface area contributed by atoms with Crippen molar-refractivity contribution < 1.29 is 22.6 Å². The first kappa shape index (κ1) is 14.9. The summed E-state index contributed by atoms with van der Waals surface area (Å²) in [5, 5.41) is 2.72. The fourth-order valence-electron chi connectivity index (χ4n) is 1.50. The van der Waals surface area contributed by atoms with Gasteiger partial charge in [-0.15, -0.1) is 13.2 Å². The highest BCUT2D eigenvalue weighted by Crippen LogP contribution is 2.35. The molecule has 0 saturated carbocycles. The summed E-state index contributed by atoms with van der Waals surface area (Å²) in [6.45, 7) is 1.68. The molecule has 0 spiro atoms. The fraction of sp³-hybridized carbons (Fsp3) is 0.231. The van der Waals surface area contributed by atoms with E-state index in [1.165, 1.54) is 30.5 Å². The second-order valence-corrected chi connectivity index (χ2v) is 4.03. The first-order chi connectivity index (χ1) is 9.89. The van der Waals surface area contributed by atoms with E-state index in [2.05, 4.69) is 20.0 Å². The lowest BCUT2D eigenvalue weighted by atomic mass is 10.3. The van der Waals surface area contributed by atoms with Crippen LogP contribution in [0, 0.1) is 6.92 Å². The summed E-state index contributed by atoms with van der Waals surface area (Å²) >= 11 is 0. The molecule has 8 heteroatoms. The summed E-state index contributed by atoms with van der Waals surface area (Å²) in [5.41, 5.74) is 0.579. The zero-order valence-electron chi connectivity index (χ0n) is 11.2. The summed E-state index contributed by atoms with van der Waals surface area (Å²) in [6, 6.07) is 5.48. The number of hydrogen-bond donors (Lipinski definition) is 1. The Bertz CT molecular complexity index is 632. The van der Waals surface area contributed by atoms with Gasteiger partial charge in [-0.05, 0) is 19.1 Å². The van der Waals surface area contributed by atoms with Crippen LogP contribution < -0.4 is 14.8 Å². The third kappa shape index (κ3) is 3.98. The van der Waals surface area contributed by atoms with Gasteiger partial charge in [0.25, 0.3) is 0 Å². The molecule has 5 nitrogen and oxygen atoms in total. The van der Waals surface area contributed by atoms with Crippen LogP contribution in [0.5, 0.6) is 17.4 Å². The highest BCUT2D eigenvalue weighted by Gasteiger charge is 2.32. The third-order valence-corrected chi connectivity index (χ3v) is 2.43. The maximum absolute atomic E-state index is 12.3. The Morgan fingerprint density at radius 3 is 2.43 bits per heavy atom. The summed E-state index contributed by atoms with van der Waals surface area (Å²) in [7, 11) is 1.62. The van der Waals surface area contributed by atoms with Gasteiger partial charge in [-0.1, -0.05) is 12.1 Å². The van der Waals surface area contributed by atoms with Gasteiger partial charge in [0.05, 0.1) is 0 Å². The SMILES string of the molecule is CNc1ncc(C)c(Oc2ccccc2OC(F)(F)F)n1. The number of benzene rings is 1. The normalized spacial score (nSPS) is 11.1. The van der Waals surface area contributed by atoms with Crippen molar-refractivity contribution in [2.75, 3.05) is 12.4 Å². The lowest BCUT2D eigenvalue weighted by Gasteiger charge is -2.14. The lowest BCUT2D eigenvalue weighted by molar-refractivity contribution is -0.275. The number of alkyl halides is 3. The van der Waals surface area contributed by atoms with Gasteiger partial charge in [0.1, 0.15) is 0 Å². The standard InChI is InChI=1S/C13H12F3N3O2/c1-8-7-18-12(17-2)19-11(8)20-9-5-3-4-6-10(9)21-13(14,15)16/h3-7H,1-2H3,(H,17,18,19). The number of halogens is 3. The molecule has 1 N–H and O–H groups in total. The molecule has 0 unspecified atom stereocenters. The largest absolute Gasteiger partial charge is 0.573 e. The van der Waals surface area contributed by atoms with Crippen LogP contribution >= 0.6 is 0 Å². The van der Waals surface area contributed by atoms with Crippen molar-refractivity contribution in [3.8, 4) is 17.4 Å². The maximum Gasteiger partial charge on any atom is 0.573 e. The molecule has 0 amide bonds. The van der Waals surface area contributed by atoms with Gasteiger partial charge in [-0.3, -0.25) is 0 Å². The molecular weight excluding hydrogens is 287 g/mol. The molecule has 112 valence electrons. The molecule has 0 aliphatic rings. The Morgan fingerprint density at radius 2 is 1.81 bits per heavy atom. The molecule has 0 fully saturated rings. The van der Waals surface area contributed by atoms with E-state index in [0.29, 0.717) is 11.5 Å². The topological polar surface area (TPSA) is 56.3 Å². The van der Waals surface area contributed by atoms with E-state index in [4.69, 9.17) is 4.74 Å². The fourth-order valence-corrected chi connectivity index (χ4v) is 1.50. The zero-order valence-corrected chi connectivity index (χ0v) is 11.2. The van der Waals surface area contributed by atoms with Crippen LogP contribution in [0.15, 0.2) is 30.5 Å². The first-order valence-corrected chi connectivity index (χ1v) is 5.93. The van der Waals surface area contributed by atoms with Crippen LogP contribution in [0.3, 0.4) is 0 Å². The van der Waals surface area contributed by atoms with Gasteiger partial charge in [-0.25, -0.2) is 4.98 Å². The Balaban J connectivity index is 2.31. The third-order valence-electron chi connectivity index (χ3n) is 2.43. The number of nitrogens with one attached hydrogen (secondary N) is 1. The van der Waals surface area contributed by atoms with Crippen molar-refractivity contribution in [3.63, 3.8) is 0 Å².